The third-order valence-electron chi connectivity index (χ3n) is 8.22. The highest BCUT2D eigenvalue weighted by Crippen LogP contribution is 2.42. The Labute approximate surface area is 238 Å². The maximum Gasteiger partial charge on any atom is 0.339 e. The Kier molecular flexibility index (Phi) is 6.95. The van der Waals surface area contributed by atoms with Crippen LogP contribution in [-0.2, 0) is 14.3 Å². The molecule has 0 radical (unpaired) electrons. The molecule has 3 aromatic carbocycles. The molecule has 2 heterocycles. The molecular weight excluding hydrogens is 516 g/mol. The van der Waals surface area contributed by atoms with Crippen LogP contribution in [-0.4, -0.2) is 35.2 Å². The van der Waals surface area contributed by atoms with Crippen molar-refractivity contribution < 1.29 is 23.9 Å². The molecule has 4 aromatic rings. The van der Waals surface area contributed by atoms with Crippen molar-refractivity contribution >= 4 is 40.2 Å². The van der Waals surface area contributed by atoms with E-state index < -0.39 is 5.97 Å². The van der Waals surface area contributed by atoms with Crippen LogP contribution in [0.2, 0.25) is 0 Å². The van der Waals surface area contributed by atoms with Gasteiger partial charge in [-0.2, -0.15) is 0 Å². The van der Waals surface area contributed by atoms with Gasteiger partial charge in [0.25, 0.3) is 0 Å². The standard InChI is InChI=1S/C34H30N2O5/c1-20-8-14-25-27(17-20)33(39)36(32(25)38)24-12-10-22(11-13-24)30-18-28(26-16-21(2)9-15-29(26)35-30)34(40)41-19-31(37)23-6-4-3-5-7-23/h3-7,9-13,15-16,18,20,25,27H,8,14,17,19H2,1-2H3/t20-,25+,27-/m0/s1. The zero-order chi connectivity index (χ0) is 28.7. The minimum Gasteiger partial charge on any atom is -0.454 e. The van der Waals surface area contributed by atoms with E-state index in [1.165, 1.54) is 4.90 Å². The minimum absolute atomic E-state index is 0.117. The highest BCUT2D eigenvalue weighted by Gasteiger charge is 2.49. The van der Waals surface area contributed by atoms with Gasteiger partial charge >= 0.3 is 5.97 Å². The van der Waals surface area contributed by atoms with Crippen molar-refractivity contribution in [1.82, 2.24) is 4.98 Å². The van der Waals surface area contributed by atoms with Crippen molar-refractivity contribution in [3.63, 3.8) is 0 Å². The number of pyridine rings is 1. The molecule has 0 bridgehead atoms. The molecule has 1 saturated heterocycles. The molecule has 6 rings (SSSR count). The Balaban J connectivity index is 1.28. The van der Waals surface area contributed by atoms with Crippen molar-refractivity contribution in [2.24, 2.45) is 17.8 Å². The molecule has 41 heavy (non-hydrogen) atoms. The van der Waals surface area contributed by atoms with Crippen LogP contribution in [0.1, 0.15) is 52.5 Å². The monoisotopic (exact) mass is 546 g/mol. The first-order valence-electron chi connectivity index (χ1n) is 13.9. The number of ether oxygens (including phenoxy) is 1. The Morgan fingerprint density at radius 3 is 2.39 bits per heavy atom. The number of carbonyl (C=O) groups is 4. The maximum absolute atomic E-state index is 13.3. The van der Waals surface area contributed by atoms with Crippen molar-refractivity contribution in [3.05, 3.63) is 95.6 Å². The fourth-order valence-electron chi connectivity index (χ4n) is 6.00. The fourth-order valence-corrected chi connectivity index (χ4v) is 6.00. The summed E-state index contributed by atoms with van der Waals surface area (Å²) in [6.07, 6.45) is 2.47. The summed E-state index contributed by atoms with van der Waals surface area (Å²) in [6.45, 7) is 3.69. The molecular formula is C34H30N2O5. The lowest BCUT2D eigenvalue weighted by Gasteiger charge is -2.25. The smallest absolute Gasteiger partial charge is 0.339 e. The van der Waals surface area contributed by atoms with Crippen LogP contribution in [0, 0.1) is 24.7 Å². The molecule has 1 aromatic heterocycles. The summed E-state index contributed by atoms with van der Waals surface area (Å²) in [4.78, 5) is 58.2. The molecule has 206 valence electrons. The van der Waals surface area contributed by atoms with Crippen LogP contribution in [0.15, 0.2) is 78.9 Å². The third kappa shape index (κ3) is 5.04. The molecule has 0 spiro atoms. The Morgan fingerprint density at radius 1 is 0.902 bits per heavy atom. The molecule has 7 nitrogen and oxygen atoms in total. The summed E-state index contributed by atoms with van der Waals surface area (Å²) in [5.74, 6) is -1.16. The van der Waals surface area contributed by atoms with Gasteiger partial charge in [-0.3, -0.25) is 19.3 Å². The Morgan fingerprint density at radius 2 is 1.63 bits per heavy atom. The van der Waals surface area contributed by atoms with Crippen molar-refractivity contribution in [2.45, 2.75) is 33.1 Å². The summed E-state index contributed by atoms with van der Waals surface area (Å²) in [5.41, 5.74) is 4.15. The van der Waals surface area contributed by atoms with E-state index in [-0.39, 0.29) is 36.0 Å². The van der Waals surface area contributed by atoms with Gasteiger partial charge < -0.3 is 4.74 Å². The first-order valence-corrected chi connectivity index (χ1v) is 13.9. The number of Topliss-reactive ketones (excluding diaryl/α,β-unsaturated/α-hetero) is 1. The van der Waals surface area contributed by atoms with Gasteiger partial charge in [0.1, 0.15) is 0 Å². The number of hydrogen-bond acceptors (Lipinski definition) is 6. The molecule has 7 heteroatoms. The van der Waals surface area contributed by atoms with Gasteiger partial charge in [0.15, 0.2) is 12.4 Å². The zero-order valence-corrected chi connectivity index (χ0v) is 23.0. The van der Waals surface area contributed by atoms with E-state index in [1.54, 1.807) is 54.6 Å². The number of rotatable bonds is 6. The number of hydrogen-bond donors (Lipinski definition) is 0. The highest BCUT2D eigenvalue weighted by molar-refractivity contribution is 6.22. The first-order chi connectivity index (χ1) is 19.8. The number of aryl methyl sites for hydroxylation is 1. The van der Waals surface area contributed by atoms with Crippen LogP contribution in [0.4, 0.5) is 5.69 Å². The maximum atomic E-state index is 13.3. The van der Waals surface area contributed by atoms with Gasteiger partial charge in [0.05, 0.1) is 34.3 Å². The molecule has 0 N–H and O–H groups in total. The predicted octanol–water partition coefficient (Wildman–Crippen LogP) is 6.18. The summed E-state index contributed by atoms with van der Waals surface area (Å²) in [6, 6.07) is 23.1. The quantitative estimate of drug-likeness (QED) is 0.163. The average molecular weight is 547 g/mol. The SMILES string of the molecule is Cc1ccc2nc(-c3ccc(N4C(=O)[C@H]5C[C@@H](C)CC[C@H]5C4=O)cc3)cc(C(=O)OCC(=O)c3ccccc3)c2c1. The summed E-state index contributed by atoms with van der Waals surface area (Å²) in [5, 5.41) is 0.632. The second kappa shape index (κ2) is 10.7. The molecule has 2 amide bonds. The number of esters is 1. The van der Waals surface area contributed by atoms with Crippen LogP contribution in [0.5, 0.6) is 0 Å². The van der Waals surface area contributed by atoms with Gasteiger partial charge in [0, 0.05) is 16.5 Å². The summed E-state index contributed by atoms with van der Waals surface area (Å²) in [7, 11) is 0. The molecule has 2 fully saturated rings. The van der Waals surface area contributed by atoms with Crippen LogP contribution >= 0.6 is 0 Å². The normalized spacial score (nSPS) is 20.2. The van der Waals surface area contributed by atoms with E-state index in [1.807, 2.05) is 31.2 Å². The number of imide groups is 1. The number of ketones is 1. The molecule has 0 unspecified atom stereocenters. The number of aromatic nitrogens is 1. The van der Waals surface area contributed by atoms with Crippen LogP contribution in [0.25, 0.3) is 22.2 Å². The number of carbonyl (C=O) groups excluding carboxylic acids is 4. The second-order valence-corrected chi connectivity index (χ2v) is 11.1. The number of amides is 2. The molecule has 1 aliphatic carbocycles. The number of fused-ring (bicyclic) bond motifs is 2. The fraction of sp³-hybridized carbons (Fsp3) is 0.265. The van der Waals surface area contributed by atoms with Gasteiger partial charge in [-0.15, -0.1) is 0 Å². The van der Waals surface area contributed by atoms with Crippen molar-refractivity contribution in [1.29, 1.82) is 0 Å². The summed E-state index contributed by atoms with van der Waals surface area (Å²) < 4.78 is 5.45. The van der Waals surface area contributed by atoms with E-state index in [0.717, 1.165) is 30.4 Å². The zero-order valence-electron chi connectivity index (χ0n) is 23.0. The Bertz CT molecular complexity index is 1680. The topological polar surface area (TPSA) is 93.6 Å². The van der Waals surface area contributed by atoms with E-state index in [4.69, 9.17) is 9.72 Å². The van der Waals surface area contributed by atoms with Gasteiger partial charge in [-0.05, 0) is 62.4 Å². The van der Waals surface area contributed by atoms with Gasteiger partial charge in [-0.1, -0.05) is 61.0 Å². The van der Waals surface area contributed by atoms with Crippen LogP contribution < -0.4 is 4.90 Å². The second-order valence-electron chi connectivity index (χ2n) is 11.1. The minimum atomic E-state index is -0.616. The van der Waals surface area contributed by atoms with Crippen molar-refractivity contribution in [3.8, 4) is 11.3 Å². The van der Waals surface area contributed by atoms with E-state index >= 15 is 0 Å². The van der Waals surface area contributed by atoms with Gasteiger partial charge in [0.2, 0.25) is 11.8 Å². The Hall–Kier alpha value is -4.65. The highest BCUT2D eigenvalue weighted by atomic mass is 16.5. The average Bonchev–Trinajstić information content (AvgIpc) is 3.24. The molecule has 3 atom stereocenters. The van der Waals surface area contributed by atoms with E-state index in [0.29, 0.717) is 39.3 Å². The largest absolute Gasteiger partial charge is 0.454 e. The number of benzene rings is 3. The third-order valence-corrected chi connectivity index (χ3v) is 8.22. The van der Waals surface area contributed by atoms with E-state index in [2.05, 4.69) is 6.92 Å². The number of anilines is 1. The molecule has 1 saturated carbocycles. The lowest BCUT2D eigenvalue weighted by atomic mass is 9.76. The van der Waals surface area contributed by atoms with E-state index in [9.17, 15) is 19.2 Å². The van der Waals surface area contributed by atoms with Crippen molar-refractivity contribution in [2.75, 3.05) is 11.5 Å². The van der Waals surface area contributed by atoms with Gasteiger partial charge in [-0.25, -0.2) is 9.78 Å². The predicted molar refractivity (Wildman–Crippen MR) is 155 cm³/mol. The lowest BCUT2D eigenvalue weighted by Crippen LogP contribution is -2.30. The number of nitrogens with zero attached hydrogens (tertiary/aromatic N) is 2. The lowest BCUT2D eigenvalue weighted by molar-refractivity contribution is -0.122. The molecule has 2 aliphatic rings. The molecule has 1 aliphatic heterocycles. The van der Waals surface area contributed by atoms with Crippen LogP contribution in [0.3, 0.4) is 0 Å². The first kappa shape index (κ1) is 26.6. The summed E-state index contributed by atoms with van der Waals surface area (Å²) >= 11 is 0.